The van der Waals surface area contributed by atoms with E-state index in [2.05, 4.69) is 38.0 Å². The molecule has 0 heterocycles. The van der Waals surface area contributed by atoms with E-state index in [-0.39, 0.29) is 5.41 Å². The average Bonchev–Trinajstić information content (AvgIpc) is 2.85. The summed E-state index contributed by atoms with van der Waals surface area (Å²) >= 11 is 0. The maximum absolute atomic E-state index is 11.1. The molecule has 0 spiro atoms. The highest BCUT2D eigenvalue weighted by atomic mass is 16.5. The molecule has 0 bridgehead atoms. The predicted octanol–water partition coefficient (Wildman–Crippen LogP) is 4.16. The first-order valence-electron chi connectivity index (χ1n) is 9.30. The summed E-state index contributed by atoms with van der Waals surface area (Å²) in [6, 6.07) is 6.61. The van der Waals surface area contributed by atoms with Crippen molar-refractivity contribution in [2.75, 3.05) is 7.11 Å². The molecule has 2 heteroatoms. The van der Waals surface area contributed by atoms with Crippen LogP contribution in [0.1, 0.15) is 56.6 Å². The smallest absolute Gasteiger partial charge is 0.130 e. The quantitative estimate of drug-likeness (QED) is 0.786. The van der Waals surface area contributed by atoms with E-state index in [1.807, 2.05) is 0 Å². The van der Waals surface area contributed by atoms with Gasteiger partial charge in [0.05, 0.1) is 7.11 Å². The molecule has 6 atom stereocenters. The number of benzene rings is 1. The number of aliphatic hydroxyl groups is 1. The number of aryl methyl sites for hydroxylation is 1. The lowest BCUT2D eigenvalue weighted by atomic mass is 9.50. The summed E-state index contributed by atoms with van der Waals surface area (Å²) in [5, 5.41) is 11.1. The van der Waals surface area contributed by atoms with E-state index in [1.165, 1.54) is 17.5 Å². The van der Waals surface area contributed by atoms with Crippen molar-refractivity contribution in [3.63, 3.8) is 0 Å². The molecule has 0 amide bonds. The van der Waals surface area contributed by atoms with Crippen LogP contribution in [0.4, 0.5) is 0 Å². The third kappa shape index (κ3) is 1.94. The molecular formula is C22H28O2. The molecule has 0 saturated heterocycles. The van der Waals surface area contributed by atoms with Gasteiger partial charge in [0.1, 0.15) is 11.4 Å². The van der Waals surface area contributed by atoms with Crippen LogP contribution in [0.3, 0.4) is 0 Å². The van der Waals surface area contributed by atoms with E-state index >= 15 is 0 Å². The molecule has 2 nitrogen and oxygen atoms in total. The number of rotatable bonds is 1. The van der Waals surface area contributed by atoms with E-state index in [9.17, 15) is 5.11 Å². The molecule has 0 aliphatic heterocycles. The third-order valence-electron chi connectivity index (χ3n) is 7.61. The molecule has 0 radical (unpaired) electrons. The lowest BCUT2D eigenvalue weighted by Gasteiger charge is -2.54. The summed E-state index contributed by atoms with van der Waals surface area (Å²) in [4.78, 5) is 0. The molecule has 128 valence electrons. The molecule has 0 aromatic heterocycles. The van der Waals surface area contributed by atoms with Crippen LogP contribution in [-0.2, 0) is 6.42 Å². The lowest BCUT2D eigenvalue weighted by Crippen LogP contribution is -2.52. The minimum absolute atomic E-state index is 0.133. The fourth-order valence-corrected chi connectivity index (χ4v) is 6.48. The number of hydrogen-bond acceptors (Lipinski definition) is 2. The first kappa shape index (κ1) is 16.0. The van der Waals surface area contributed by atoms with Gasteiger partial charge >= 0.3 is 0 Å². The van der Waals surface area contributed by atoms with Gasteiger partial charge < -0.3 is 9.84 Å². The molecule has 3 aliphatic carbocycles. The molecule has 4 rings (SSSR count). The largest absolute Gasteiger partial charge is 0.497 e. The Morgan fingerprint density at radius 2 is 2.12 bits per heavy atom. The summed E-state index contributed by atoms with van der Waals surface area (Å²) < 4.78 is 5.42. The monoisotopic (exact) mass is 324 g/mol. The molecule has 1 aromatic carbocycles. The molecule has 0 unspecified atom stereocenters. The first-order chi connectivity index (χ1) is 11.4. The molecule has 1 aromatic rings. The summed E-state index contributed by atoms with van der Waals surface area (Å²) in [6.07, 6.45) is 10.9. The van der Waals surface area contributed by atoms with Crippen molar-refractivity contribution in [2.24, 2.45) is 23.2 Å². The zero-order chi connectivity index (χ0) is 17.1. The minimum atomic E-state index is -0.920. The SMILES string of the molecule is C#C[C@]1(O)CC[C@@H]2[C@@H]3CCc4cc(OC)ccc4[C@@H]3[C@H](C)C[C@@]21C. The Morgan fingerprint density at radius 1 is 1.33 bits per heavy atom. The second-order valence-corrected chi connectivity index (χ2v) is 8.54. The van der Waals surface area contributed by atoms with E-state index in [4.69, 9.17) is 11.2 Å². The highest BCUT2D eigenvalue weighted by Crippen LogP contribution is 2.65. The number of terminal acetylenes is 1. The van der Waals surface area contributed by atoms with Gasteiger partial charge in [0.25, 0.3) is 0 Å². The van der Waals surface area contributed by atoms with Gasteiger partial charge in [-0.15, -0.1) is 6.42 Å². The van der Waals surface area contributed by atoms with E-state index in [0.29, 0.717) is 23.7 Å². The van der Waals surface area contributed by atoms with Crippen LogP contribution in [0.15, 0.2) is 18.2 Å². The van der Waals surface area contributed by atoms with Crippen molar-refractivity contribution in [1.82, 2.24) is 0 Å². The van der Waals surface area contributed by atoms with Crippen molar-refractivity contribution >= 4 is 0 Å². The number of ether oxygens (including phenoxy) is 1. The van der Waals surface area contributed by atoms with E-state index in [0.717, 1.165) is 31.4 Å². The molecule has 2 saturated carbocycles. The first-order valence-corrected chi connectivity index (χ1v) is 9.30. The molecule has 1 N–H and O–H groups in total. The fraction of sp³-hybridized carbons (Fsp3) is 0.636. The molecule has 3 aliphatic rings. The van der Waals surface area contributed by atoms with Gasteiger partial charge in [0.2, 0.25) is 0 Å². The molecular weight excluding hydrogens is 296 g/mol. The highest BCUT2D eigenvalue weighted by Gasteiger charge is 2.62. The van der Waals surface area contributed by atoms with Crippen molar-refractivity contribution in [2.45, 2.75) is 57.5 Å². The number of hydrogen-bond donors (Lipinski definition) is 1. The third-order valence-corrected chi connectivity index (χ3v) is 7.61. The fourth-order valence-electron chi connectivity index (χ4n) is 6.48. The van der Waals surface area contributed by atoms with Crippen LogP contribution >= 0.6 is 0 Å². The van der Waals surface area contributed by atoms with Crippen molar-refractivity contribution in [1.29, 1.82) is 0 Å². The van der Waals surface area contributed by atoms with Crippen LogP contribution in [0, 0.1) is 35.5 Å². The van der Waals surface area contributed by atoms with Crippen LogP contribution < -0.4 is 4.74 Å². The van der Waals surface area contributed by atoms with Crippen LogP contribution in [0.5, 0.6) is 5.75 Å². The summed E-state index contributed by atoms with van der Waals surface area (Å²) in [6.45, 7) is 4.61. The Morgan fingerprint density at radius 3 is 2.83 bits per heavy atom. The summed E-state index contributed by atoms with van der Waals surface area (Å²) in [5.41, 5.74) is 1.91. The Bertz CT molecular complexity index is 702. The standard InChI is InChI=1S/C22H28O2/c1-5-22(23)11-10-19-18-8-6-15-12-16(24-4)7-9-17(15)20(18)14(2)13-21(19,22)3/h1,7,9,12,14,18-20,23H,6,8,10-11,13H2,2-4H3/t14-,18+,19-,20+,21+,22+/m1/s1. The van der Waals surface area contributed by atoms with Crippen LogP contribution in [0.2, 0.25) is 0 Å². The maximum atomic E-state index is 11.1. The van der Waals surface area contributed by atoms with Crippen LogP contribution in [0.25, 0.3) is 0 Å². The Kier molecular flexibility index (Phi) is 3.52. The Balaban J connectivity index is 1.75. The van der Waals surface area contributed by atoms with Gasteiger partial charge in [-0.05, 0) is 79.0 Å². The average molecular weight is 324 g/mol. The Hall–Kier alpha value is -1.46. The predicted molar refractivity (Wildman–Crippen MR) is 95.9 cm³/mol. The Labute approximate surface area is 145 Å². The lowest BCUT2D eigenvalue weighted by molar-refractivity contribution is -0.0811. The second kappa shape index (κ2) is 5.27. The van der Waals surface area contributed by atoms with Gasteiger partial charge in [-0.25, -0.2) is 0 Å². The van der Waals surface area contributed by atoms with Gasteiger partial charge in [-0.1, -0.05) is 25.8 Å². The van der Waals surface area contributed by atoms with Gasteiger partial charge in [0.15, 0.2) is 0 Å². The van der Waals surface area contributed by atoms with Crippen molar-refractivity contribution in [3.05, 3.63) is 29.3 Å². The van der Waals surface area contributed by atoms with Crippen molar-refractivity contribution < 1.29 is 9.84 Å². The normalized spacial score (nSPS) is 43.3. The van der Waals surface area contributed by atoms with E-state index in [1.54, 1.807) is 7.11 Å². The van der Waals surface area contributed by atoms with Gasteiger partial charge in [-0.2, -0.15) is 0 Å². The number of fused-ring (bicyclic) bond motifs is 5. The zero-order valence-electron chi connectivity index (χ0n) is 15.0. The van der Waals surface area contributed by atoms with E-state index < -0.39 is 5.60 Å². The summed E-state index contributed by atoms with van der Waals surface area (Å²) in [5.74, 6) is 6.05. The van der Waals surface area contributed by atoms with Crippen molar-refractivity contribution in [3.8, 4) is 18.1 Å². The molecule has 2 fully saturated rings. The summed E-state index contributed by atoms with van der Waals surface area (Å²) in [7, 11) is 1.74. The van der Waals surface area contributed by atoms with Crippen LogP contribution in [-0.4, -0.2) is 17.8 Å². The molecule has 24 heavy (non-hydrogen) atoms. The van der Waals surface area contributed by atoms with Gasteiger partial charge in [-0.3, -0.25) is 0 Å². The maximum Gasteiger partial charge on any atom is 0.130 e. The number of methoxy groups -OCH3 is 1. The van der Waals surface area contributed by atoms with Gasteiger partial charge in [0, 0.05) is 5.41 Å². The minimum Gasteiger partial charge on any atom is -0.497 e. The topological polar surface area (TPSA) is 29.5 Å². The highest BCUT2D eigenvalue weighted by molar-refractivity contribution is 5.41. The second-order valence-electron chi connectivity index (χ2n) is 8.54. The zero-order valence-corrected chi connectivity index (χ0v) is 15.0.